The molecule has 2 heterocycles. The third kappa shape index (κ3) is 8.01. The van der Waals surface area contributed by atoms with E-state index in [-0.39, 0.29) is 23.3 Å². The van der Waals surface area contributed by atoms with Gasteiger partial charge in [-0.1, -0.05) is 116 Å². The highest BCUT2D eigenvalue weighted by Gasteiger charge is 2.18. The number of fused-ring (bicyclic) bond motifs is 2. The van der Waals surface area contributed by atoms with E-state index < -0.39 is 0 Å². The van der Waals surface area contributed by atoms with Crippen LogP contribution in [-0.4, -0.2) is 43.1 Å². The number of nitrogens with zero attached hydrogens (tertiary/aromatic N) is 4. The summed E-state index contributed by atoms with van der Waals surface area (Å²) in [7, 11) is 0. The number of rotatable bonds is 13. The van der Waals surface area contributed by atoms with Gasteiger partial charge in [-0.2, -0.15) is 0 Å². The molecule has 0 saturated heterocycles. The SMILES string of the molecule is CCc1cccc(CC)c1NC(=O)CSc1nc2ccc(NC(=O)CSc3nnc(Cc4cccc5ccccc45)n3-c3ccccc3)cc2s1. The van der Waals surface area contributed by atoms with Gasteiger partial charge in [0.05, 0.1) is 21.7 Å². The second-order valence-electron chi connectivity index (χ2n) is 11.9. The van der Waals surface area contributed by atoms with E-state index >= 15 is 0 Å². The maximum Gasteiger partial charge on any atom is 0.234 e. The summed E-state index contributed by atoms with van der Waals surface area (Å²) in [4.78, 5) is 30.8. The first kappa shape index (κ1) is 34.5. The number of hydrogen-bond donors (Lipinski definition) is 2. The molecule has 2 aromatic heterocycles. The fraction of sp³-hybridized carbons (Fsp3) is 0.175. The van der Waals surface area contributed by atoms with Gasteiger partial charge in [0.1, 0.15) is 5.82 Å². The molecule has 7 rings (SSSR count). The van der Waals surface area contributed by atoms with Gasteiger partial charge in [0, 0.05) is 23.5 Å². The number of thiazole rings is 1. The van der Waals surface area contributed by atoms with Crippen LogP contribution in [0.2, 0.25) is 0 Å². The van der Waals surface area contributed by atoms with Crippen molar-refractivity contribution in [3.05, 3.63) is 132 Å². The Hall–Kier alpha value is -4.97. The minimum atomic E-state index is -0.146. The molecule has 0 aliphatic heterocycles. The number of aryl methyl sites for hydroxylation is 2. The molecule has 0 unspecified atom stereocenters. The second-order valence-corrected chi connectivity index (χ2v) is 15.1. The number of carbonyl (C=O) groups excluding carboxylic acids is 2. The Morgan fingerprint density at radius 2 is 1.41 bits per heavy atom. The van der Waals surface area contributed by atoms with Crippen LogP contribution in [0.4, 0.5) is 11.4 Å². The van der Waals surface area contributed by atoms with Gasteiger partial charge in [-0.05, 0) is 70.6 Å². The standard InChI is InChI=1S/C40H36N6O2S3/c1-3-26-13-10-14-27(4-2)38(26)43-37(48)25-50-40-42-33-21-20-30(23-34(33)51-40)41-36(47)24-49-39-45-44-35(46(39)31-17-6-5-7-18-31)22-29-16-11-15-28-12-8-9-19-32(28)29/h5-21,23H,3-4,22,24-25H2,1-2H3,(H,41,47)(H,43,48). The van der Waals surface area contributed by atoms with E-state index in [1.165, 1.54) is 51.2 Å². The second kappa shape index (κ2) is 15.9. The van der Waals surface area contributed by atoms with E-state index in [0.29, 0.717) is 17.3 Å². The van der Waals surface area contributed by atoms with E-state index in [9.17, 15) is 9.59 Å². The third-order valence-electron chi connectivity index (χ3n) is 8.52. The largest absolute Gasteiger partial charge is 0.325 e. The molecular formula is C40H36N6O2S3. The average molecular weight is 729 g/mol. The highest BCUT2D eigenvalue weighted by atomic mass is 32.2. The zero-order valence-corrected chi connectivity index (χ0v) is 30.7. The van der Waals surface area contributed by atoms with Gasteiger partial charge in [0.2, 0.25) is 11.8 Å². The van der Waals surface area contributed by atoms with Crippen LogP contribution in [0, 0.1) is 0 Å². The van der Waals surface area contributed by atoms with Crippen molar-refractivity contribution < 1.29 is 9.59 Å². The molecule has 0 aliphatic rings. The molecule has 11 heteroatoms. The van der Waals surface area contributed by atoms with Gasteiger partial charge in [0.25, 0.3) is 0 Å². The number of hydrogen-bond acceptors (Lipinski definition) is 8. The molecule has 5 aromatic carbocycles. The van der Waals surface area contributed by atoms with E-state index in [4.69, 9.17) is 4.98 Å². The summed E-state index contributed by atoms with van der Waals surface area (Å²) in [5.41, 5.74) is 6.83. The predicted molar refractivity (Wildman–Crippen MR) is 212 cm³/mol. The molecule has 7 aromatic rings. The summed E-state index contributed by atoms with van der Waals surface area (Å²) >= 11 is 4.28. The van der Waals surface area contributed by atoms with Gasteiger partial charge < -0.3 is 10.6 Å². The Morgan fingerprint density at radius 3 is 2.22 bits per heavy atom. The summed E-state index contributed by atoms with van der Waals surface area (Å²) < 4.78 is 3.78. The molecule has 0 fully saturated rings. The zero-order valence-electron chi connectivity index (χ0n) is 28.3. The lowest BCUT2D eigenvalue weighted by molar-refractivity contribution is -0.114. The van der Waals surface area contributed by atoms with Gasteiger partial charge in [0.15, 0.2) is 9.50 Å². The zero-order chi connectivity index (χ0) is 35.2. The normalized spacial score (nSPS) is 11.3. The number of benzene rings is 5. The summed E-state index contributed by atoms with van der Waals surface area (Å²) in [6.45, 7) is 4.19. The molecule has 0 aliphatic carbocycles. The Kier molecular flexibility index (Phi) is 10.8. The number of anilines is 2. The summed E-state index contributed by atoms with van der Waals surface area (Å²) in [5, 5.41) is 18.3. The fourth-order valence-corrected chi connectivity index (χ4v) is 8.72. The Balaban J connectivity index is 0.998. The van der Waals surface area contributed by atoms with Crippen molar-refractivity contribution in [3.8, 4) is 5.69 Å². The Labute approximate surface area is 309 Å². The molecule has 0 bridgehead atoms. The van der Waals surface area contributed by atoms with E-state index in [0.717, 1.165) is 55.7 Å². The molecular weight excluding hydrogens is 693 g/mol. The monoisotopic (exact) mass is 728 g/mol. The number of amides is 2. The molecule has 256 valence electrons. The number of para-hydroxylation sites is 2. The molecule has 2 amide bonds. The van der Waals surface area contributed by atoms with Crippen LogP contribution >= 0.6 is 34.9 Å². The lowest BCUT2D eigenvalue weighted by Gasteiger charge is -2.14. The van der Waals surface area contributed by atoms with Crippen LogP contribution in [0.15, 0.2) is 119 Å². The lowest BCUT2D eigenvalue weighted by atomic mass is 10.0. The highest BCUT2D eigenvalue weighted by molar-refractivity contribution is 8.01. The van der Waals surface area contributed by atoms with Crippen molar-refractivity contribution in [1.29, 1.82) is 0 Å². The predicted octanol–water partition coefficient (Wildman–Crippen LogP) is 9.21. The molecule has 2 N–H and O–H groups in total. The smallest absolute Gasteiger partial charge is 0.234 e. The van der Waals surface area contributed by atoms with Crippen molar-refractivity contribution in [2.24, 2.45) is 0 Å². The maximum atomic E-state index is 13.2. The fourth-order valence-electron chi connectivity index (χ4n) is 6.04. The van der Waals surface area contributed by atoms with Crippen molar-refractivity contribution in [1.82, 2.24) is 19.7 Å². The first-order chi connectivity index (χ1) is 25.0. The number of aromatic nitrogens is 4. The van der Waals surface area contributed by atoms with Crippen molar-refractivity contribution in [2.75, 3.05) is 22.1 Å². The topological polar surface area (TPSA) is 102 Å². The quantitative estimate of drug-likeness (QED) is 0.114. The summed E-state index contributed by atoms with van der Waals surface area (Å²) in [5.74, 6) is 1.03. The summed E-state index contributed by atoms with van der Waals surface area (Å²) in [6, 6.07) is 36.5. The molecule has 0 atom stereocenters. The lowest BCUT2D eigenvalue weighted by Crippen LogP contribution is -2.16. The highest BCUT2D eigenvalue weighted by Crippen LogP contribution is 2.32. The molecule has 51 heavy (non-hydrogen) atoms. The van der Waals surface area contributed by atoms with Crippen LogP contribution in [-0.2, 0) is 28.9 Å². The average Bonchev–Trinajstić information content (AvgIpc) is 3.77. The molecule has 8 nitrogen and oxygen atoms in total. The van der Waals surface area contributed by atoms with Crippen LogP contribution in [0.5, 0.6) is 0 Å². The van der Waals surface area contributed by atoms with Crippen LogP contribution in [0.25, 0.3) is 26.7 Å². The molecule has 0 spiro atoms. The first-order valence-electron chi connectivity index (χ1n) is 16.8. The summed E-state index contributed by atoms with van der Waals surface area (Å²) in [6.07, 6.45) is 2.31. The minimum Gasteiger partial charge on any atom is -0.325 e. The van der Waals surface area contributed by atoms with Crippen LogP contribution in [0.3, 0.4) is 0 Å². The van der Waals surface area contributed by atoms with E-state index in [1.54, 1.807) is 0 Å². The third-order valence-corrected chi connectivity index (χ3v) is 11.6. The Bertz CT molecular complexity index is 2310. The van der Waals surface area contributed by atoms with Gasteiger partial charge in [-0.25, -0.2) is 4.98 Å². The van der Waals surface area contributed by atoms with Crippen molar-refractivity contribution >= 4 is 79.0 Å². The van der Waals surface area contributed by atoms with E-state index in [2.05, 4.69) is 83.2 Å². The van der Waals surface area contributed by atoms with Gasteiger partial charge >= 0.3 is 0 Å². The maximum absolute atomic E-state index is 13.2. The van der Waals surface area contributed by atoms with Crippen LogP contribution < -0.4 is 10.6 Å². The van der Waals surface area contributed by atoms with Crippen molar-refractivity contribution in [3.63, 3.8) is 0 Å². The number of carbonyl (C=O) groups is 2. The molecule has 0 saturated carbocycles. The van der Waals surface area contributed by atoms with Crippen molar-refractivity contribution in [2.45, 2.75) is 42.6 Å². The molecule has 0 radical (unpaired) electrons. The van der Waals surface area contributed by atoms with Gasteiger partial charge in [-0.3, -0.25) is 14.2 Å². The minimum absolute atomic E-state index is 0.0518. The van der Waals surface area contributed by atoms with Crippen LogP contribution in [0.1, 0.15) is 36.4 Å². The first-order valence-corrected chi connectivity index (χ1v) is 19.6. The number of nitrogens with one attached hydrogen (secondary N) is 2. The Morgan fingerprint density at radius 1 is 0.725 bits per heavy atom. The van der Waals surface area contributed by atoms with Gasteiger partial charge in [-0.15, -0.1) is 21.5 Å². The van der Waals surface area contributed by atoms with E-state index in [1.807, 2.05) is 65.2 Å². The number of thioether (sulfide) groups is 2.